The molecule has 5 heterocycles. The smallest absolute Gasteiger partial charge is 0.434 e. The summed E-state index contributed by atoms with van der Waals surface area (Å²) in [6.07, 6.45) is 1.67. The van der Waals surface area contributed by atoms with Crippen LogP contribution in [0.15, 0.2) is 29.9 Å². The number of nitrogens with one attached hydrogen (secondary N) is 3. The van der Waals surface area contributed by atoms with Crippen molar-refractivity contribution in [2.75, 3.05) is 18.9 Å². The largest absolute Gasteiger partial charge is 0.474 e. The average molecular weight is 591 g/mol. The summed E-state index contributed by atoms with van der Waals surface area (Å²) in [5, 5.41) is 6.10. The molecular formula is C26H29F3N8O3S. The molecular weight excluding hydrogens is 561 g/mol. The van der Waals surface area contributed by atoms with Crippen molar-refractivity contribution in [3.05, 3.63) is 41.2 Å². The van der Waals surface area contributed by atoms with Crippen LogP contribution in [0.4, 0.5) is 23.8 Å². The number of fused-ring (bicyclic) bond motifs is 2. The molecule has 218 valence electrons. The molecule has 41 heavy (non-hydrogen) atoms. The van der Waals surface area contributed by atoms with E-state index in [1.54, 1.807) is 6.92 Å². The molecule has 0 aliphatic carbocycles. The Hall–Kier alpha value is -3.82. The second kappa shape index (κ2) is 11.6. The molecule has 2 fully saturated rings. The van der Waals surface area contributed by atoms with Gasteiger partial charge in [0.05, 0.1) is 5.56 Å². The van der Waals surface area contributed by atoms with Gasteiger partial charge in [-0.05, 0) is 51.8 Å². The maximum Gasteiger partial charge on any atom is 0.434 e. The van der Waals surface area contributed by atoms with Gasteiger partial charge in [0.15, 0.2) is 5.69 Å². The van der Waals surface area contributed by atoms with Crippen LogP contribution in [0.3, 0.4) is 0 Å². The van der Waals surface area contributed by atoms with E-state index in [0.29, 0.717) is 29.8 Å². The van der Waals surface area contributed by atoms with Gasteiger partial charge in [-0.1, -0.05) is 0 Å². The Morgan fingerprint density at radius 3 is 2.49 bits per heavy atom. The number of hydrogen-bond acceptors (Lipinski definition) is 9. The Labute approximate surface area is 237 Å². The molecule has 0 spiro atoms. The third-order valence-electron chi connectivity index (χ3n) is 7.38. The molecule has 15 heteroatoms. The highest BCUT2D eigenvalue weighted by Gasteiger charge is 2.40. The Kier molecular flexibility index (Phi) is 8.11. The number of nitrogens with zero attached hydrogens (tertiary/aromatic N) is 4. The lowest BCUT2D eigenvalue weighted by Gasteiger charge is -2.36. The van der Waals surface area contributed by atoms with E-state index in [1.165, 1.54) is 24.5 Å². The summed E-state index contributed by atoms with van der Waals surface area (Å²) in [6, 6.07) is 3.18. The predicted octanol–water partition coefficient (Wildman–Crippen LogP) is 4.03. The van der Waals surface area contributed by atoms with E-state index in [4.69, 9.17) is 10.6 Å². The van der Waals surface area contributed by atoms with Gasteiger partial charge in [0, 0.05) is 53.1 Å². The van der Waals surface area contributed by atoms with Gasteiger partial charge in [0.2, 0.25) is 5.88 Å². The molecule has 0 saturated carbocycles. The maximum absolute atomic E-state index is 13.5. The molecule has 2 aliphatic rings. The number of aromatic nitrogens is 3. The molecule has 3 atom stereocenters. The van der Waals surface area contributed by atoms with Crippen LogP contribution in [0.2, 0.25) is 0 Å². The monoisotopic (exact) mass is 590 g/mol. The fourth-order valence-electron chi connectivity index (χ4n) is 5.33. The number of pyridine rings is 2. The first-order valence-corrected chi connectivity index (χ1v) is 13.9. The third kappa shape index (κ3) is 6.11. The fraction of sp³-hybridized carbons (Fsp3) is 0.423. The van der Waals surface area contributed by atoms with E-state index in [9.17, 15) is 22.8 Å². The molecule has 0 radical (unpaired) electrons. The minimum absolute atomic E-state index is 0.0330. The maximum atomic E-state index is 13.5. The van der Waals surface area contributed by atoms with Crippen molar-refractivity contribution < 1.29 is 27.5 Å². The quantitative estimate of drug-likeness (QED) is 0.183. The predicted molar refractivity (Wildman–Crippen MR) is 146 cm³/mol. The topological polar surface area (TPSA) is 147 Å². The molecule has 3 aromatic heterocycles. The van der Waals surface area contributed by atoms with Crippen molar-refractivity contribution >= 4 is 29.1 Å². The minimum Gasteiger partial charge on any atom is -0.474 e. The Morgan fingerprint density at radius 1 is 1.12 bits per heavy atom. The van der Waals surface area contributed by atoms with Gasteiger partial charge in [0.25, 0.3) is 5.91 Å². The van der Waals surface area contributed by atoms with Gasteiger partial charge in [0.1, 0.15) is 16.9 Å². The highest BCUT2D eigenvalue weighted by atomic mass is 32.1. The van der Waals surface area contributed by atoms with Gasteiger partial charge < -0.3 is 15.0 Å². The lowest BCUT2D eigenvalue weighted by Crippen LogP contribution is -2.44. The molecule has 0 unspecified atom stereocenters. The van der Waals surface area contributed by atoms with Crippen LogP contribution in [0.5, 0.6) is 5.88 Å². The lowest BCUT2D eigenvalue weighted by molar-refractivity contribution is -0.140. The van der Waals surface area contributed by atoms with Crippen molar-refractivity contribution in [1.29, 1.82) is 0 Å². The number of anilines is 1. The lowest BCUT2D eigenvalue weighted by atomic mass is 9.99. The first kappa shape index (κ1) is 28.7. The molecule has 0 aromatic carbocycles. The third-order valence-corrected chi connectivity index (χ3v) is 8.25. The van der Waals surface area contributed by atoms with Crippen LogP contribution < -0.4 is 26.6 Å². The molecule has 11 nitrogen and oxygen atoms in total. The van der Waals surface area contributed by atoms with Crippen molar-refractivity contribution in [1.82, 2.24) is 30.6 Å². The number of nitrogens with two attached hydrogens (primary N) is 1. The molecule has 3 amide bonds. The van der Waals surface area contributed by atoms with E-state index >= 15 is 0 Å². The van der Waals surface area contributed by atoms with E-state index in [-0.39, 0.29) is 33.9 Å². The number of nitrogen functional groups attached to an aromatic ring is 1. The van der Waals surface area contributed by atoms with Gasteiger partial charge in [-0.25, -0.2) is 25.6 Å². The van der Waals surface area contributed by atoms with Crippen LogP contribution in [0, 0.1) is 0 Å². The number of piperidine rings is 1. The molecule has 5 N–H and O–H groups in total. The first-order chi connectivity index (χ1) is 19.6. The molecule has 5 rings (SSSR count). The van der Waals surface area contributed by atoms with Crippen molar-refractivity contribution in [3.63, 3.8) is 0 Å². The normalized spacial score (nSPS) is 20.5. The van der Waals surface area contributed by atoms with E-state index < -0.39 is 23.8 Å². The van der Waals surface area contributed by atoms with Crippen molar-refractivity contribution in [3.8, 4) is 27.6 Å². The highest BCUT2D eigenvalue weighted by molar-refractivity contribution is 7.13. The van der Waals surface area contributed by atoms with Gasteiger partial charge >= 0.3 is 12.2 Å². The number of thiazole rings is 1. The summed E-state index contributed by atoms with van der Waals surface area (Å²) in [5.74, 6) is 5.03. The van der Waals surface area contributed by atoms with Crippen LogP contribution in [0.1, 0.15) is 48.7 Å². The van der Waals surface area contributed by atoms with Gasteiger partial charge in [-0.15, -0.1) is 11.3 Å². The van der Waals surface area contributed by atoms with E-state index in [2.05, 4.69) is 43.0 Å². The summed E-state index contributed by atoms with van der Waals surface area (Å²) in [7, 11) is 2.11. The summed E-state index contributed by atoms with van der Waals surface area (Å²) in [4.78, 5) is 39.5. The van der Waals surface area contributed by atoms with Gasteiger partial charge in [-0.3, -0.25) is 15.5 Å². The molecule has 2 saturated heterocycles. The molecule has 2 bridgehead atoms. The summed E-state index contributed by atoms with van der Waals surface area (Å²) in [5.41, 5.74) is 2.02. The zero-order valence-electron chi connectivity index (χ0n) is 22.3. The summed E-state index contributed by atoms with van der Waals surface area (Å²) < 4.78 is 46.8. The number of rotatable bonds is 7. The van der Waals surface area contributed by atoms with E-state index in [1.807, 2.05) is 0 Å². The van der Waals surface area contributed by atoms with E-state index in [0.717, 1.165) is 42.4 Å². The Bertz CT molecular complexity index is 1440. The number of hydrazine groups is 1. The number of urea groups is 1. The number of amides is 3. The Balaban J connectivity index is 1.60. The number of ether oxygens (including phenoxy) is 1. The van der Waals surface area contributed by atoms with Gasteiger partial charge in [-0.2, -0.15) is 13.2 Å². The fourth-order valence-corrected chi connectivity index (χ4v) is 6.18. The second-order valence-corrected chi connectivity index (χ2v) is 10.8. The molecule has 2 aliphatic heterocycles. The minimum atomic E-state index is -4.65. The van der Waals surface area contributed by atoms with Crippen LogP contribution in [0.25, 0.3) is 21.7 Å². The number of carbonyl (C=O) groups excluding carboxylic acids is 2. The number of carbonyl (C=O) groups is 2. The van der Waals surface area contributed by atoms with Crippen molar-refractivity contribution in [2.45, 2.75) is 57.0 Å². The Morgan fingerprint density at radius 2 is 1.85 bits per heavy atom. The number of hydrogen-bond donors (Lipinski definition) is 4. The number of alkyl halides is 3. The highest BCUT2D eigenvalue weighted by Crippen LogP contribution is 2.42. The SMILES string of the molecule is CCNC(=O)Nc1cc(-c2nc(C(F)(F)F)cs2)c(-c2cc(C(=O)NN)cnc2O[C@H]2C[C@H]3CC[C@@H](C2)N3C)cn1. The van der Waals surface area contributed by atoms with Crippen LogP contribution in [-0.4, -0.2) is 63.6 Å². The van der Waals surface area contributed by atoms with Crippen LogP contribution in [-0.2, 0) is 6.18 Å². The standard InChI is InChI=1S/C26H29F3N8O3S/c1-3-31-25(39)35-21-9-18(24-34-20(12-41-24)26(27,28)29)19(11-32-21)17-6-13(22(38)36-30)10-33-23(17)40-16-7-14-4-5-15(8-16)37(14)2/h6,9-12,14-16H,3-5,7-8,30H2,1-2H3,(H,36,38)(H2,31,32,35,39)/t14-,15+,16+. The second-order valence-electron chi connectivity index (χ2n) is 9.95. The molecule has 3 aromatic rings. The summed E-state index contributed by atoms with van der Waals surface area (Å²) in [6.45, 7) is 2.10. The number of halogens is 3. The average Bonchev–Trinajstić information content (AvgIpc) is 3.50. The summed E-state index contributed by atoms with van der Waals surface area (Å²) >= 11 is 0.789. The van der Waals surface area contributed by atoms with Crippen molar-refractivity contribution in [2.24, 2.45) is 5.84 Å². The zero-order chi connectivity index (χ0) is 29.3. The zero-order valence-corrected chi connectivity index (χ0v) is 23.1. The van der Waals surface area contributed by atoms with Crippen LogP contribution >= 0.6 is 11.3 Å². The first-order valence-electron chi connectivity index (χ1n) is 13.0.